The summed E-state index contributed by atoms with van der Waals surface area (Å²) in [6.07, 6.45) is 3.45. The number of hydrogen-bond acceptors (Lipinski definition) is 3. The highest BCUT2D eigenvalue weighted by atomic mass is 16.3. The van der Waals surface area contributed by atoms with Crippen molar-refractivity contribution in [2.24, 2.45) is 5.92 Å². The third-order valence-corrected chi connectivity index (χ3v) is 3.20. The molecule has 2 N–H and O–H groups in total. The molecular formula is C13H23NO2. The van der Waals surface area contributed by atoms with Gasteiger partial charge in [0.05, 0.1) is 18.4 Å². The van der Waals surface area contributed by atoms with Crippen LogP contribution in [-0.4, -0.2) is 17.8 Å². The van der Waals surface area contributed by atoms with E-state index in [0.717, 1.165) is 18.6 Å². The molecule has 1 rings (SSSR count). The zero-order valence-electron chi connectivity index (χ0n) is 10.4. The highest BCUT2D eigenvalue weighted by Gasteiger charge is 2.16. The fourth-order valence-corrected chi connectivity index (χ4v) is 1.94. The third-order valence-electron chi connectivity index (χ3n) is 3.20. The molecular weight excluding hydrogens is 202 g/mol. The molecule has 0 saturated heterocycles. The molecule has 1 heterocycles. The Balaban J connectivity index is 2.34. The number of aliphatic hydroxyl groups is 1. The standard InChI is InChI=1S/C13H23NO2/c1-4-11(5-2)12(15)9-14-10(3)13-7-6-8-16-13/h6-8,10-12,14-15H,4-5,9H2,1-3H3. The van der Waals surface area contributed by atoms with Gasteiger partial charge in [-0.25, -0.2) is 0 Å². The van der Waals surface area contributed by atoms with Gasteiger partial charge in [0.25, 0.3) is 0 Å². The molecule has 0 aliphatic carbocycles. The molecule has 0 amide bonds. The lowest BCUT2D eigenvalue weighted by molar-refractivity contribution is 0.0980. The van der Waals surface area contributed by atoms with Gasteiger partial charge in [-0.15, -0.1) is 0 Å². The van der Waals surface area contributed by atoms with E-state index in [-0.39, 0.29) is 12.1 Å². The molecule has 92 valence electrons. The predicted molar refractivity (Wildman–Crippen MR) is 65.2 cm³/mol. The summed E-state index contributed by atoms with van der Waals surface area (Å²) >= 11 is 0. The maximum absolute atomic E-state index is 9.96. The average Bonchev–Trinajstić information content (AvgIpc) is 2.81. The number of furan rings is 1. The van der Waals surface area contributed by atoms with E-state index >= 15 is 0 Å². The molecule has 3 heteroatoms. The number of rotatable bonds is 7. The van der Waals surface area contributed by atoms with E-state index in [1.54, 1.807) is 6.26 Å². The quantitative estimate of drug-likeness (QED) is 0.750. The zero-order valence-corrected chi connectivity index (χ0v) is 10.4. The van der Waals surface area contributed by atoms with Crippen molar-refractivity contribution in [3.8, 4) is 0 Å². The lowest BCUT2D eigenvalue weighted by atomic mass is 9.96. The molecule has 0 radical (unpaired) electrons. The van der Waals surface area contributed by atoms with Crippen LogP contribution in [0, 0.1) is 5.92 Å². The maximum Gasteiger partial charge on any atom is 0.120 e. The van der Waals surface area contributed by atoms with Gasteiger partial charge in [0.15, 0.2) is 0 Å². The molecule has 2 unspecified atom stereocenters. The Labute approximate surface area is 97.9 Å². The smallest absolute Gasteiger partial charge is 0.120 e. The predicted octanol–water partition coefficient (Wildman–Crippen LogP) is 2.73. The summed E-state index contributed by atoms with van der Waals surface area (Å²) in [5.41, 5.74) is 0. The van der Waals surface area contributed by atoms with Crippen LogP contribution in [0.25, 0.3) is 0 Å². The van der Waals surface area contributed by atoms with Crippen LogP contribution in [0.15, 0.2) is 22.8 Å². The second kappa shape index (κ2) is 6.71. The van der Waals surface area contributed by atoms with Crippen LogP contribution >= 0.6 is 0 Å². The van der Waals surface area contributed by atoms with Crippen molar-refractivity contribution in [1.82, 2.24) is 5.32 Å². The van der Waals surface area contributed by atoms with Crippen LogP contribution in [0.5, 0.6) is 0 Å². The Kier molecular flexibility index (Phi) is 5.56. The summed E-state index contributed by atoms with van der Waals surface area (Å²) in [4.78, 5) is 0. The lowest BCUT2D eigenvalue weighted by Crippen LogP contribution is -2.33. The van der Waals surface area contributed by atoms with Crippen molar-refractivity contribution in [1.29, 1.82) is 0 Å². The average molecular weight is 225 g/mol. The van der Waals surface area contributed by atoms with Crippen molar-refractivity contribution in [3.63, 3.8) is 0 Å². The monoisotopic (exact) mass is 225 g/mol. The van der Waals surface area contributed by atoms with Crippen LogP contribution in [0.2, 0.25) is 0 Å². The zero-order chi connectivity index (χ0) is 12.0. The summed E-state index contributed by atoms with van der Waals surface area (Å²) in [5, 5.41) is 13.3. The fourth-order valence-electron chi connectivity index (χ4n) is 1.94. The van der Waals surface area contributed by atoms with Gasteiger partial charge < -0.3 is 14.8 Å². The van der Waals surface area contributed by atoms with Crippen LogP contribution in [0.3, 0.4) is 0 Å². The minimum absolute atomic E-state index is 0.152. The van der Waals surface area contributed by atoms with E-state index in [0.29, 0.717) is 12.5 Å². The first-order chi connectivity index (χ1) is 7.69. The first-order valence-corrected chi connectivity index (χ1v) is 6.13. The molecule has 0 saturated carbocycles. The highest BCUT2D eigenvalue weighted by Crippen LogP contribution is 2.15. The minimum Gasteiger partial charge on any atom is -0.468 e. The van der Waals surface area contributed by atoms with E-state index in [4.69, 9.17) is 4.42 Å². The van der Waals surface area contributed by atoms with Crippen molar-refractivity contribution in [3.05, 3.63) is 24.2 Å². The second-order valence-electron chi connectivity index (χ2n) is 4.29. The molecule has 0 bridgehead atoms. The summed E-state index contributed by atoms with van der Waals surface area (Å²) < 4.78 is 5.30. The molecule has 0 fully saturated rings. The summed E-state index contributed by atoms with van der Waals surface area (Å²) in [6.45, 7) is 6.90. The van der Waals surface area contributed by atoms with Gasteiger partial charge in [-0.1, -0.05) is 26.7 Å². The number of nitrogens with one attached hydrogen (secondary N) is 1. The normalized spacial score (nSPS) is 15.3. The minimum atomic E-state index is -0.271. The van der Waals surface area contributed by atoms with Crippen molar-refractivity contribution in [2.75, 3.05) is 6.54 Å². The summed E-state index contributed by atoms with van der Waals surface area (Å²) in [5.74, 6) is 1.30. The lowest BCUT2D eigenvalue weighted by Gasteiger charge is -2.22. The van der Waals surface area contributed by atoms with E-state index in [9.17, 15) is 5.11 Å². The summed E-state index contributed by atoms with van der Waals surface area (Å²) in [6, 6.07) is 3.98. The first kappa shape index (κ1) is 13.3. The van der Waals surface area contributed by atoms with Gasteiger partial charge in [0.1, 0.15) is 5.76 Å². The molecule has 1 aromatic rings. The first-order valence-electron chi connectivity index (χ1n) is 6.13. The molecule has 0 aliphatic heterocycles. The Morgan fingerprint density at radius 2 is 2.06 bits per heavy atom. The SMILES string of the molecule is CCC(CC)C(O)CNC(C)c1ccco1. The number of hydrogen-bond donors (Lipinski definition) is 2. The van der Waals surface area contributed by atoms with E-state index in [1.807, 2.05) is 19.1 Å². The van der Waals surface area contributed by atoms with Crippen LogP contribution in [-0.2, 0) is 0 Å². The van der Waals surface area contributed by atoms with Gasteiger partial charge in [0, 0.05) is 6.54 Å². The molecule has 1 aromatic heterocycles. The van der Waals surface area contributed by atoms with Gasteiger partial charge in [0.2, 0.25) is 0 Å². The van der Waals surface area contributed by atoms with E-state index in [2.05, 4.69) is 19.2 Å². The van der Waals surface area contributed by atoms with Gasteiger partial charge >= 0.3 is 0 Å². The Morgan fingerprint density at radius 3 is 2.56 bits per heavy atom. The molecule has 2 atom stereocenters. The molecule has 16 heavy (non-hydrogen) atoms. The molecule has 3 nitrogen and oxygen atoms in total. The topological polar surface area (TPSA) is 45.4 Å². The van der Waals surface area contributed by atoms with Gasteiger partial charge in [-0.2, -0.15) is 0 Å². The Hall–Kier alpha value is -0.800. The summed E-state index contributed by atoms with van der Waals surface area (Å²) in [7, 11) is 0. The Morgan fingerprint density at radius 1 is 1.38 bits per heavy atom. The van der Waals surface area contributed by atoms with Crippen molar-refractivity contribution >= 4 is 0 Å². The molecule has 0 aliphatic rings. The molecule has 0 aromatic carbocycles. The largest absolute Gasteiger partial charge is 0.468 e. The Bertz CT molecular complexity index is 267. The van der Waals surface area contributed by atoms with Crippen LogP contribution in [0.4, 0.5) is 0 Å². The van der Waals surface area contributed by atoms with E-state index in [1.165, 1.54) is 0 Å². The van der Waals surface area contributed by atoms with Crippen molar-refractivity contribution < 1.29 is 9.52 Å². The van der Waals surface area contributed by atoms with Crippen LogP contribution < -0.4 is 5.32 Å². The third kappa shape index (κ3) is 3.65. The van der Waals surface area contributed by atoms with Gasteiger partial charge in [-0.3, -0.25) is 0 Å². The number of aliphatic hydroxyl groups excluding tert-OH is 1. The molecule has 0 spiro atoms. The van der Waals surface area contributed by atoms with Crippen molar-refractivity contribution in [2.45, 2.75) is 45.8 Å². The maximum atomic E-state index is 9.96. The highest BCUT2D eigenvalue weighted by molar-refractivity contribution is 5.02. The van der Waals surface area contributed by atoms with Crippen LogP contribution in [0.1, 0.15) is 45.4 Å². The fraction of sp³-hybridized carbons (Fsp3) is 0.692. The second-order valence-corrected chi connectivity index (χ2v) is 4.29. The van der Waals surface area contributed by atoms with E-state index < -0.39 is 0 Å². The van der Waals surface area contributed by atoms with Gasteiger partial charge in [-0.05, 0) is 25.0 Å².